The van der Waals surface area contributed by atoms with Gasteiger partial charge in [-0.2, -0.15) is 9.37 Å². The quantitative estimate of drug-likeness (QED) is 0.772. The summed E-state index contributed by atoms with van der Waals surface area (Å²) in [5.74, 6) is -0.396. The first-order valence-electron chi connectivity index (χ1n) is 5.77. The van der Waals surface area contributed by atoms with Gasteiger partial charge in [-0.1, -0.05) is 28.1 Å². The third-order valence-electron chi connectivity index (χ3n) is 2.72. The molecule has 2 N–H and O–H groups in total. The molecule has 0 unspecified atom stereocenters. The summed E-state index contributed by atoms with van der Waals surface area (Å²) < 4.78 is 19.9. The number of hydrogen-bond acceptors (Lipinski definition) is 4. The first kappa shape index (κ1) is 12.8. The Kier molecular flexibility index (Phi) is 3.23. The maximum atomic E-state index is 13.5. The molecule has 0 aliphatic rings. The number of aromatic nitrogens is 2. The molecule has 2 aromatic carbocycles. The molecule has 0 saturated heterocycles. The zero-order valence-electron chi connectivity index (χ0n) is 10.2. The fourth-order valence-electron chi connectivity index (χ4n) is 1.81. The number of rotatable bonds is 2. The number of ether oxygens (including phenoxy) is 1. The van der Waals surface area contributed by atoms with E-state index in [4.69, 9.17) is 10.5 Å². The van der Waals surface area contributed by atoms with Gasteiger partial charge in [0.25, 0.3) is 5.88 Å². The Morgan fingerprint density at radius 3 is 2.70 bits per heavy atom. The van der Waals surface area contributed by atoms with Gasteiger partial charge in [0.05, 0.1) is 6.20 Å². The molecule has 3 rings (SSSR count). The molecule has 100 valence electrons. The average Bonchev–Trinajstić information content (AvgIpc) is 2.43. The third kappa shape index (κ3) is 2.55. The summed E-state index contributed by atoms with van der Waals surface area (Å²) >= 11 is 3.41. The Bertz CT molecular complexity index is 794. The summed E-state index contributed by atoms with van der Waals surface area (Å²) in [5, 5.41) is 2.03. The van der Waals surface area contributed by atoms with E-state index in [9.17, 15) is 4.39 Å². The molecular weight excluding hydrogens is 325 g/mol. The van der Waals surface area contributed by atoms with Crippen LogP contribution in [0.5, 0.6) is 11.6 Å². The summed E-state index contributed by atoms with van der Waals surface area (Å²) in [6, 6.07) is 11.3. The predicted molar refractivity (Wildman–Crippen MR) is 78.1 cm³/mol. The zero-order chi connectivity index (χ0) is 14.1. The highest BCUT2D eigenvalue weighted by atomic mass is 79.9. The number of nitrogen functional groups attached to an aromatic ring is 1. The van der Waals surface area contributed by atoms with Crippen molar-refractivity contribution in [1.82, 2.24) is 9.97 Å². The Morgan fingerprint density at radius 2 is 1.85 bits per heavy atom. The molecule has 0 atom stereocenters. The van der Waals surface area contributed by atoms with Crippen LogP contribution in [0, 0.1) is 5.82 Å². The first-order chi connectivity index (χ1) is 9.61. The SMILES string of the molecule is Nc1ncc(F)c(Oc2ccc3cc(Br)ccc3c2)n1. The summed E-state index contributed by atoms with van der Waals surface area (Å²) in [6.45, 7) is 0. The summed E-state index contributed by atoms with van der Waals surface area (Å²) in [6.07, 6.45) is 0.982. The van der Waals surface area contributed by atoms with E-state index in [1.807, 2.05) is 24.3 Å². The van der Waals surface area contributed by atoms with Crippen LogP contribution >= 0.6 is 15.9 Å². The van der Waals surface area contributed by atoms with Crippen molar-refractivity contribution in [1.29, 1.82) is 0 Å². The van der Waals surface area contributed by atoms with E-state index in [1.54, 1.807) is 12.1 Å². The molecule has 0 aliphatic carbocycles. The standard InChI is InChI=1S/C14H9BrFN3O/c15-10-3-1-9-6-11(4-2-8(9)5-10)20-13-12(16)7-18-14(17)19-13/h1-7H,(H2,17,18,19). The van der Waals surface area contributed by atoms with Crippen molar-refractivity contribution in [2.45, 2.75) is 0 Å². The molecule has 3 aromatic rings. The molecule has 4 nitrogen and oxygen atoms in total. The van der Waals surface area contributed by atoms with Crippen molar-refractivity contribution in [2.75, 3.05) is 5.73 Å². The monoisotopic (exact) mass is 333 g/mol. The van der Waals surface area contributed by atoms with Crippen LogP contribution in [-0.2, 0) is 0 Å². The minimum absolute atomic E-state index is 0.0360. The fraction of sp³-hybridized carbons (Fsp3) is 0. The molecule has 0 fully saturated rings. The lowest BCUT2D eigenvalue weighted by molar-refractivity contribution is 0.421. The second-order valence-electron chi connectivity index (χ2n) is 4.14. The van der Waals surface area contributed by atoms with Gasteiger partial charge in [0.2, 0.25) is 11.8 Å². The number of anilines is 1. The zero-order valence-corrected chi connectivity index (χ0v) is 11.8. The highest BCUT2D eigenvalue weighted by molar-refractivity contribution is 9.10. The van der Waals surface area contributed by atoms with Gasteiger partial charge in [0.15, 0.2) is 0 Å². The minimum Gasteiger partial charge on any atom is -0.436 e. The van der Waals surface area contributed by atoms with Gasteiger partial charge in [0, 0.05) is 4.47 Å². The van der Waals surface area contributed by atoms with Gasteiger partial charge in [-0.25, -0.2) is 4.98 Å². The summed E-state index contributed by atoms with van der Waals surface area (Å²) in [5.41, 5.74) is 5.41. The maximum Gasteiger partial charge on any atom is 0.260 e. The lowest BCUT2D eigenvalue weighted by Crippen LogP contribution is -1.99. The topological polar surface area (TPSA) is 61.0 Å². The van der Waals surface area contributed by atoms with E-state index < -0.39 is 5.82 Å². The van der Waals surface area contributed by atoms with Gasteiger partial charge in [-0.15, -0.1) is 0 Å². The number of nitrogens with two attached hydrogens (primary N) is 1. The van der Waals surface area contributed by atoms with Crippen LogP contribution in [0.15, 0.2) is 47.1 Å². The van der Waals surface area contributed by atoms with Crippen molar-refractivity contribution in [3.05, 3.63) is 52.9 Å². The molecule has 0 spiro atoms. The van der Waals surface area contributed by atoms with Crippen LogP contribution < -0.4 is 10.5 Å². The summed E-state index contributed by atoms with van der Waals surface area (Å²) in [4.78, 5) is 7.27. The van der Waals surface area contributed by atoms with Crippen molar-refractivity contribution in [3.8, 4) is 11.6 Å². The first-order valence-corrected chi connectivity index (χ1v) is 6.56. The van der Waals surface area contributed by atoms with Crippen LogP contribution in [-0.4, -0.2) is 9.97 Å². The highest BCUT2D eigenvalue weighted by Gasteiger charge is 2.08. The number of halogens is 2. The molecule has 20 heavy (non-hydrogen) atoms. The highest BCUT2D eigenvalue weighted by Crippen LogP contribution is 2.27. The summed E-state index contributed by atoms with van der Waals surface area (Å²) in [7, 11) is 0. The Morgan fingerprint density at radius 1 is 1.10 bits per heavy atom. The predicted octanol–water partition coefficient (Wildman–Crippen LogP) is 3.91. The molecule has 1 heterocycles. The molecule has 0 radical (unpaired) electrons. The average molecular weight is 334 g/mol. The fourth-order valence-corrected chi connectivity index (χ4v) is 2.18. The van der Waals surface area contributed by atoms with Gasteiger partial charge in [-0.05, 0) is 35.0 Å². The second-order valence-corrected chi connectivity index (χ2v) is 5.05. The molecule has 0 aliphatic heterocycles. The van der Waals surface area contributed by atoms with Gasteiger partial charge >= 0.3 is 0 Å². The van der Waals surface area contributed by atoms with E-state index >= 15 is 0 Å². The van der Waals surface area contributed by atoms with E-state index in [2.05, 4.69) is 25.9 Å². The smallest absolute Gasteiger partial charge is 0.260 e. The van der Waals surface area contributed by atoms with Gasteiger partial charge in [0.1, 0.15) is 5.75 Å². The third-order valence-corrected chi connectivity index (χ3v) is 3.21. The minimum atomic E-state index is -0.657. The van der Waals surface area contributed by atoms with Crippen LogP contribution in [0.25, 0.3) is 10.8 Å². The van der Waals surface area contributed by atoms with E-state index in [1.165, 1.54) is 0 Å². The van der Waals surface area contributed by atoms with Gasteiger partial charge < -0.3 is 10.5 Å². The van der Waals surface area contributed by atoms with Crippen LogP contribution in [0.2, 0.25) is 0 Å². The van der Waals surface area contributed by atoms with Crippen molar-refractivity contribution >= 4 is 32.7 Å². The van der Waals surface area contributed by atoms with Crippen LogP contribution in [0.1, 0.15) is 0 Å². The number of hydrogen-bond donors (Lipinski definition) is 1. The molecule has 0 bridgehead atoms. The maximum absolute atomic E-state index is 13.5. The van der Waals surface area contributed by atoms with Crippen molar-refractivity contribution < 1.29 is 9.13 Å². The number of benzene rings is 2. The molecule has 0 saturated carbocycles. The largest absolute Gasteiger partial charge is 0.436 e. The normalized spacial score (nSPS) is 10.7. The van der Waals surface area contributed by atoms with Crippen molar-refractivity contribution in [2.24, 2.45) is 0 Å². The molecule has 6 heteroatoms. The van der Waals surface area contributed by atoms with Crippen LogP contribution in [0.3, 0.4) is 0 Å². The Hall–Kier alpha value is -2.21. The van der Waals surface area contributed by atoms with Crippen molar-refractivity contribution in [3.63, 3.8) is 0 Å². The van der Waals surface area contributed by atoms with E-state index in [-0.39, 0.29) is 11.8 Å². The lowest BCUT2D eigenvalue weighted by atomic mass is 10.1. The van der Waals surface area contributed by atoms with Gasteiger partial charge in [-0.3, -0.25) is 0 Å². The van der Waals surface area contributed by atoms with Crippen LogP contribution in [0.4, 0.5) is 10.3 Å². The lowest BCUT2D eigenvalue weighted by Gasteiger charge is -2.07. The Balaban J connectivity index is 1.98. The second kappa shape index (κ2) is 5.05. The molecule has 0 amide bonds. The van der Waals surface area contributed by atoms with E-state index in [0.29, 0.717) is 5.75 Å². The number of nitrogens with zero attached hydrogens (tertiary/aromatic N) is 2. The number of fused-ring (bicyclic) bond motifs is 1. The van der Waals surface area contributed by atoms with E-state index in [0.717, 1.165) is 21.4 Å². The molecular formula is C14H9BrFN3O. The molecule has 1 aromatic heterocycles. The Labute approximate surface area is 122 Å².